The van der Waals surface area contributed by atoms with E-state index in [1.54, 1.807) is 0 Å². The van der Waals surface area contributed by atoms with Crippen LogP contribution in [0.4, 0.5) is 0 Å². The van der Waals surface area contributed by atoms with Crippen LogP contribution in [0.2, 0.25) is 0 Å². The molecule has 5 nitrogen and oxygen atoms in total. The molecule has 3 N–H and O–H groups in total. The largest absolute Gasteiger partial charge is 0.409 e. The lowest BCUT2D eigenvalue weighted by molar-refractivity contribution is 0.0791. The molecule has 1 unspecified atom stereocenters. The number of hydrogen-bond donors (Lipinski definition) is 2. The maximum absolute atomic E-state index is 8.55. The molecule has 0 bridgehead atoms. The van der Waals surface area contributed by atoms with E-state index in [2.05, 4.69) is 5.16 Å². The predicted molar refractivity (Wildman–Crippen MR) is 67.5 cm³/mol. The van der Waals surface area contributed by atoms with Crippen LogP contribution in [-0.4, -0.2) is 30.9 Å². The number of ether oxygens (including phenoxy) is 2. The lowest BCUT2D eigenvalue weighted by Gasteiger charge is -2.09. The van der Waals surface area contributed by atoms with Crippen LogP contribution in [0.1, 0.15) is 17.5 Å². The highest BCUT2D eigenvalue weighted by Gasteiger charge is 2.15. The third kappa shape index (κ3) is 3.45. The maximum atomic E-state index is 8.55. The number of nitrogens with two attached hydrogens (primary N) is 1. The molecule has 0 saturated carbocycles. The molecule has 0 radical (unpaired) electrons. The molecular formula is C13H18N2O3. The van der Waals surface area contributed by atoms with Gasteiger partial charge in [0.2, 0.25) is 0 Å². The topological polar surface area (TPSA) is 77.1 Å². The first kappa shape index (κ1) is 12.9. The molecule has 1 fully saturated rings. The Balaban J connectivity index is 1.79. The first-order chi connectivity index (χ1) is 8.79. The molecule has 1 aromatic rings. The highest BCUT2D eigenvalue weighted by molar-refractivity contribution is 5.96. The molecule has 5 heteroatoms. The van der Waals surface area contributed by atoms with Crippen LogP contribution in [0.5, 0.6) is 0 Å². The van der Waals surface area contributed by atoms with Gasteiger partial charge < -0.3 is 20.4 Å². The average molecular weight is 250 g/mol. The van der Waals surface area contributed by atoms with Crippen molar-refractivity contribution in [1.82, 2.24) is 0 Å². The molecule has 18 heavy (non-hydrogen) atoms. The lowest BCUT2D eigenvalue weighted by atomic mass is 10.1. The van der Waals surface area contributed by atoms with E-state index >= 15 is 0 Å². The maximum Gasteiger partial charge on any atom is 0.170 e. The Labute approximate surface area is 106 Å². The van der Waals surface area contributed by atoms with Gasteiger partial charge in [0.05, 0.1) is 19.8 Å². The lowest BCUT2D eigenvalue weighted by Crippen LogP contribution is -2.13. The van der Waals surface area contributed by atoms with Gasteiger partial charge in [-0.15, -0.1) is 0 Å². The molecule has 0 aliphatic carbocycles. The zero-order chi connectivity index (χ0) is 12.8. The SMILES string of the molecule is NC(=NO)c1ccc(COCC2CCOC2)cc1. The number of benzene rings is 1. The van der Waals surface area contributed by atoms with E-state index in [-0.39, 0.29) is 5.84 Å². The molecule has 1 aliphatic rings. The minimum absolute atomic E-state index is 0.116. The summed E-state index contributed by atoms with van der Waals surface area (Å²) in [6, 6.07) is 7.45. The molecule has 1 heterocycles. The van der Waals surface area contributed by atoms with Crippen molar-refractivity contribution in [1.29, 1.82) is 0 Å². The quantitative estimate of drug-likeness (QED) is 0.358. The Kier molecular flexibility index (Phi) is 4.55. The van der Waals surface area contributed by atoms with E-state index in [0.717, 1.165) is 31.8 Å². The van der Waals surface area contributed by atoms with E-state index in [0.29, 0.717) is 18.1 Å². The summed E-state index contributed by atoms with van der Waals surface area (Å²) in [6.07, 6.45) is 1.09. The van der Waals surface area contributed by atoms with Crippen LogP contribution < -0.4 is 5.73 Å². The fraction of sp³-hybridized carbons (Fsp3) is 0.462. The number of amidine groups is 1. The van der Waals surface area contributed by atoms with E-state index in [1.807, 2.05) is 24.3 Å². The summed E-state index contributed by atoms with van der Waals surface area (Å²) in [7, 11) is 0. The van der Waals surface area contributed by atoms with Crippen molar-refractivity contribution >= 4 is 5.84 Å². The Morgan fingerprint density at radius 2 is 2.22 bits per heavy atom. The Hall–Kier alpha value is -1.59. The molecule has 1 atom stereocenters. The van der Waals surface area contributed by atoms with Gasteiger partial charge in [0, 0.05) is 18.1 Å². The van der Waals surface area contributed by atoms with Crippen molar-refractivity contribution in [3.63, 3.8) is 0 Å². The van der Waals surface area contributed by atoms with Crippen LogP contribution in [0.3, 0.4) is 0 Å². The summed E-state index contributed by atoms with van der Waals surface area (Å²) in [5, 5.41) is 11.5. The number of rotatable bonds is 5. The van der Waals surface area contributed by atoms with Crippen molar-refractivity contribution in [3.05, 3.63) is 35.4 Å². The van der Waals surface area contributed by atoms with E-state index in [9.17, 15) is 0 Å². The van der Waals surface area contributed by atoms with Crippen LogP contribution in [0.15, 0.2) is 29.4 Å². The number of hydrogen-bond acceptors (Lipinski definition) is 4. The molecule has 0 amide bonds. The third-order valence-electron chi connectivity index (χ3n) is 3.00. The standard InChI is InChI=1S/C13H18N2O3/c14-13(15-16)12-3-1-10(2-4-12)7-18-9-11-5-6-17-8-11/h1-4,11,16H,5-9H2,(H2,14,15). The Morgan fingerprint density at radius 1 is 1.44 bits per heavy atom. The van der Waals surface area contributed by atoms with Crippen molar-refractivity contribution in [3.8, 4) is 0 Å². The minimum atomic E-state index is 0.116. The predicted octanol–water partition coefficient (Wildman–Crippen LogP) is 1.33. The van der Waals surface area contributed by atoms with Gasteiger partial charge in [0.1, 0.15) is 0 Å². The molecule has 1 aromatic carbocycles. The average Bonchev–Trinajstić information content (AvgIpc) is 2.92. The molecule has 1 aliphatic heterocycles. The molecular weight excluding hydrogens is 232 g/mol. The highest BCUT2D eigenvalue weighted by Crippen LogP contribution is 2.13. The minimum Gasteiger partial charge on any atom is -0.409 e. The molecule has 1 saturated heterocycles. The van der Waals surface area contributed by atoms with Crippen LogP contribution >= 0.6 is 0 Å². The number of oxime groups is 1. The van der Waals surface area contributed by atoms with Crippen molar-refractivity contribution in [2.45, 2.75) is 13.0 Å². The first-order valence-electron chi connectivity index (χ1n) is 6.02. The van der Waals surface area contributed by atoms with Crippen LogP contribution in [0.25, 0.3) is 0 Å². The second-order valence-electron chi connectivity index (χ2n) is 4.43. The zero-order valence-electron chi connectivity index (χ0n) is 10.2. The first-order valence-corrected chi connectivity index (χ1v) is 6.02. The van der Waals surface area contributed by atoms with Gasteiger partial charge in [0.15, 0.2) is 5.84 Å². The van der Waals surface area contributed by atoms with Crippen LogP contribution in [-0.2, 0) is 16.1 Å². The van der Waals surface area contributed by atoms with Gasteiger partial charge in [-0.3, -0.25) is 0 Å². The summed E-state index contributed by atoms with van der Waals surface area (Å²) < 4.78 is 10.9. The fourth-order valence-electron chi connectivity index (χ4n) is 1.89. The van der Waals surface area contributed by atoms with Gasteiger partial charge in [-0.2, -0.15) is 0 Å². The van der Waals surface area contributed by atoms with E-state index in [1.165, 1.54) is 0 Å². The van der Waals surface area contributed by atoms with Crippen LogP contribution in [0, 0.1) is 5.92 Å². The van der Waals surface area contributed by atoms with Gasteiger partial charge in [-0.25, -0.2) is 0 Å². The normalized spacial score (nSPS) is 20.2. The van der Waals surface area contributed by atoms with E-state index < -0.39 is 0 Å². The van der Waals surface area contributed by atoms with Gasteiger partial charge in [0.25, 0.3) is 0 Å². The Bertz CT molecular complexity index is 397. The number of nitrogens with zero attached hydrogens (tertiary/aromatic N) is 1. The smallest absolute Gasteiger partial charge is 0.170 e. The fourth-order valence-corrected chi connectivity index (χ4v) is 1.89. The summed E-state index contributed by atoms with van der Waals surface area (Å²) in [4.78, 5) is 0. The van der Waals surface area contributed by atoms with Crippen molar-refractivity contribution in [2.24, 2.45) is 16.8 Å². The highest BCUT2D eigenvalue weighted by atomic mass is 16.5. The third-order valence-corrected chi connectivity index (χ3v) is 3.00. The zero-order valence-corrected chi connectivity index (χ0v) is 10.2. The molecule has 0 aromatic heterocycles. The van der Waals surface area contributed by atoms with Crippen molar-refractivity contribution in [2.75, 3.05) is 19.8 Å². The van der Waals surface area contributed by atoms with E-state index in [4.69, 9.17) is 20.4 Å². The van der Waals surface area contributed by atoms with Gasteiger partial charge in [-0.05, 0) is 12.0 Å². The summed E-state index contributed by atoms with van der Waals surface area (Å²) >= 11 is 0. The molecule has 0 spiro atoms. The van der Waals surface area contributed by atoms with Gasteiger partial charge in [-0.1, -0.05) is 29.4 Å². The summed E-state index contributed by atoms with van der Waals surface area (Å²) in [5.74, 6) is 0.645. The van der Waals surface area contributed by atoms with Crippen molar-refractivity contribution < 1.29 is 14.7 Å². The Morgan fingerprint density at radius 3 is 2.83 bits per heavy atom. The second kappa shape index (κ2) is 6.37. The summed E-state index contributed by atoms with van der Waals surface area (Å²) in [6.45, 7) is 2.97. The second-order valence-corrected chi connectivity index (χ2v) is 4.43. The summed E-state index contributed by atoms with van der Waals surface area (Å²) in [5.41, 5.74) is 7.25. The molecule has 2 rings (SSSR count). The monoisotopic (exact) mass is 250 g/mol. The molecule has 98 valence electrons. The van der Waals surface area contributed by atoms with Gasteiger partial charge >= 0.3 is 0 Å².